The van der Waals surface area contributed by atoms with E-state index in [1.165, 1.54) is 6.42 Å². The van der Waals surface area contributed by atoms with Crippen LogP contribution in [-0.4, -0.2) is 30.8 Å². The van der Waals surface area contributed by atoms with Crippen LogP contribution in [0.5, 0.6) is 0 Å². The molecule has 10 heavy (non-hydrogen) atoms. The highest BCUT2D eigenvalue weighted by atomic mass is 16.1. The van der Waals surface area contributed by atoms with Crippen LogP contribution in [-0.2, 0) is 4.79 Å². The summed E-state index contributed by atoms with van der Waals surface area (Å²) >= 11 is 0. The quantitative estimate of drug-likeness (QED) is 0.533. The maximum Gasteiger partial charge on any atom is 0.121 e. The Kier molecular flexibility index (Phi) is 2.44. The first-order chi connectivity index (χ1) is 4.75. The van der Waals surface area contributed by atoms with E-state index in [1.807, 2.05) is 0 Å². The van der Waals surface area contributed by atoms with Crippen molar-refractivity contribution < 1.29 is 4.79 Å². The third-order valence-electron chi connectivity index (χ3n) is 2.50. The van der Waals surface area contributed by atoms with Crippen LogP contribution in [0.2, 0.25) is 0 Å². The van der Waals surface area contributed by atoms with Gasteiger partial charge in [0.25, 0.3) is 0 Å². The van der Waals surface area contributed by atoms with Crippen LogP contribution in [0.15, 0.2) is 0 Å². The molecule has 0 aliphatic carbocycles. The Morgan fingerprint density at radius 2 is 2.40 bits per heavy atom. The van der Waals surface area contributed by atoms with Crippen molar-refractivity contribution in [2.24, 2.45) is 5.92 Å². The average molecular weight is 141 g/mol. The first-order valence-corrected chi connectivity index (χ1v) is 3.89. The van der Waals surface area contributed by atoms with E-state index < -0.39 is 0 Å². The van der Waals surface area contributed by atoms with Crippen molar-refractivity contribution in [2.75, 3.05) is 13.6 Å². The molecule has 58 valence electrons. The van der Waals surface area contributed by atoms with Crippen molar-refractivity contribution in [3.8, 4) is 0 Å². The largest absolute Gasteiger partial charge is 0.303 e. The van der Waals surface area contributed by atoms with E-state index in [1.54, 1.807) is 0 Å². The minimum Gasteiger partial charge on any atom is -0.303 e. The highest BCUT2D eigenvalue weighted by Crippen LogP contribution is 2.23. The van der Waals surface area contributed by atoms with Gasteiger partial charge in [-0.25, -0.2) is 0 Å². The highest BCUT2D eigenvalue weighted by Gasteiger charge is 2.27. The summed E-state index contributed by atoms with van der Waals surface area (Å²) < 4.78 is 0. The number of carbonyl (C=O) groups is 1. The van der Waals surface area contributed by atoms with E-state index in [4.69, 9.17) is 0 Å². The fourth-order valence-electron chi connectivity index (χ4n) is 1.71. The van der Waals surface area contributed by atoms with Gasteiger partial charge in [-0.2, -0.15) is 0 Å². The lowest BCUT2D eigenvalue weighted by molar-refractivity contribution is -0.108. The molecule has 0 N–H and O–H groups in total. The van der Waals surface area contributed by atoms with Gasteiger partial charge in [0.05, 0.1) is 0 Å². The molecule has 0 aromatic heterocycles. The molecule has 1 aliphatic rings. The maximum absolute atomic E-state index is 10.2. The number of hydrogen-bond donors (Lipinski definition) is 0. The number of likely N-dealkylation sites (tertiary alicyclic amines) is 1. The molecule has 0 unspecified atom stereocenters. The van der Waals surface area contributed by atoms with Crippen LogP contribution in [0.25, 0.3) is 0 Å². The lowest BCUT2D eigenvalue weighted by Gasteiger charge is -2.19. The Hall–Kier alpha value is -0.370. The molecule has 0 aromatic carbocycles. The van der Waals surface area contributed by atoms with E-state index in [-0.39, 0.29) is 0 Å². The average Bonchev–Trinajstić information content (AvgIpc) is 2.20. The summed E-state index contributed by atoms with van der Waals surface area (Å²) in [6.07, 6.45) is 2.98. The van der Waals surface area contributed by atoms with Gasteiger partial charge in [-0.1, -0.05) is 6.92 Å². The third kappa shape index (κ3) is 1.37. The van der Waals surface area contributed by atoms with Crippen molar-refractivity contribution in [2.45, 2.75) is 25.8 Å². The van der Waals surface area contributed by atoms with Crippen LogP contribution in [0.4, 0.5) is 0 Å². The summed E-state index contributed by atoms with van der Waals surface area (Å²) in [4.78, 5) is 12.5. The van der Waals surface area contributed by atoms with Crippen LogP contribution in [0.1, 0.15) is 19.8 Å². The molecule has 0 aromatic rings. The summed E-state index contributed by atoms with van der Waals surface area (Å²) in [5.74, 6) is 0.704. The number of carbonyl (C=O) groups excluding carboxylic acids is 1. The summed E-state index contributed by atoms with van der Waals surface area (Å²) in [5.41, 5.74) is 0. The van der Waals surface area contributed by atoms with Crippen molar-refractivity contribution in [1.82, 2.24) is 4.90 Å². The summed E-state index contributed by atoms with van der Waals surface area (Å²) in [7, 11) is 2.09. The van der Waals surface area contributed by atoms with Crippen molar-refractivity contribution in [3.05, 3.63) is 0 Å². The zero-order chi connectivity index (χ0) is 7.56. The molecule has 2 heteroatoms. The van der Waals surface area contributed by atoms with Gasteiger partial charge in [-0.3, -0.25) is 0 Å². The fourth-order valence-corrected chi connectivity index (χ4v) is 1.71. The van der Waals surface area contributed by atoms with Crippen molar-refractivity contribution >= 4 is 6.29 Å². The molecule has 0 amide bonds. The maximum atomic E-state index is 10.2. The smallest absolute Gasteiger partial charge is 0.121 e. The first-order valence-electron chi connectivity index (χ1n) is 3.89. The standard InChI is InChI=1S/C8H15NO/c1-7-3-5-9(2)8(7)4-6-10/h6-8H,3-5H2,1-2H3/t7-,8-/m1/s1. The minimum absolute atomic E-state index is 0.512. The summed E-state index contributed by atoms with van der Waals surface area (Å²) in [6.45, 7) is 3.37. The molecule has 1 heterocycles. The van der Waals surface area contributed by atoms with Gasteiger partial charge >= 0.3 is 0 Å². The summed E-state index contributed by atoms with van der Waals surface area (Å²) in [5, 5.41) is 0. The molecule has 0 saturated carbocycles. The SMILES string of the molecule is C[C@@H]1CCN(C)[C@@H]1CC=O. The molecule has 1 rings (SSSR count). The van der Waals surface area contributed by atoms with Gasteiger partial charge in [0.1, 0.15) is 6.29 Å². The number of rotatable bonds is 2. The zero-order valence-electron chi connectivity index (χ0n) is 6.71. The molecular weight excluding hydrogens is 126 g/mol. The molecule has 1 fully saturated rings. The molecule has 0 radical (unpaired) electrons. The predicted octanol–water partition coefficient (Wildman–Crippen LogP) is 0.916. The Balaban J connectivity index is 2.45. The molecule has 2 nitrogen and oxygen atoms in total. The van der Waals surface area contributed by atoms with Crippen LogP contribution in [0, 0.1) is 5.92 Å². The first kappa shape index (κ1) is 7.73. The monoisotopic (exact) mass is 141 g/mol. The molecule has 1 saturated heterocycles. The topological polar surface area (TPSA) is 20.3 Å². The predicted molar refractivity (Wildman–Crippen MR) is 40.9 cm³/mol. The van der Waals surface area contributed by atoms with Gasteiger partial charge in [-0.15, -0.1) is 0 Å². The fraction of sp³-hybridized carbons (Fsp3) is 0.875. The van der Waals surface area contributed by atoms with Crippen LogP contribution < -0.4 is 0 Å². The van der Waals surface area contributed by atoms with Crippen molar-refractivity contribution in [1.29, 1.82) is 0 Å². The van der Waals surface area contributed by atoms with Gasteiger partial charge in [0.15, 0.2) is 0 Å². The molecule has 0 spiro atoms. The third-order valence-corrected chi connectivity index (χ3v) is 2.50. The number of nitrogens with zero attached hydrogens (tertiary/aromatic N) is 1. The van der Waals surface area contributed by atoms with Gasteiger partial charge in [-0.05, 0) is 25.9 Å². The van der Waals surface area contributed by atoms with Gasteiger partial charge < -0.3 is 9.69 Å². The van der Waals surface area contributed by atoms with Crippen LogP contribution >= 0.6 is 0 Å². The Bertz CT molecular complexity index is 114. The second kappa shape index (κ2) is 3.15. The number of aldehydes is 1. The van der Waals surface area contributed by atoms with E-state index in [9.17, 15) is 4.79 Å². The molecule has 0 bridgehead atoms. The molecule has 1 aliphatic heterocycles. The van der Waals surface area contributed by atoms with E-state index in [0.717, 1.165) is 12.8 Å². The van der Waals surface area contributed by atoms with E-state index in [2.05, 4.69) is 18.9 Å². The molecule has 2 atom stereocenters. The van der Waals surface area contributed by atoms with Crippen molar-refractivity contribution in [3.63, 3.8) is 0 Å². The highest BCUT2D eigenvalue weighted by molar-refractivity contribution is 5.50. The Labute approximate surface area is 62.2 Å². The van der Waals surface area contributed by atoms with Gasteiger partial charge in [0.2, 0.25) is 0 Å². The lowest BCUT2D eigenvalue weighted by Crippen LogP contribution is -2.28. The minimum atomic E-state index is 0.512. The number of hydrogen-bond acceptors (Lipinski definition) is 2. The second-order valence-electron chi connectivity index (χ2n) is 3.22. The van der Waals surface area contributed by atoms with Crippen LogP contribution in [0.3, 0.4) is 0 Å². The zero-order valence-corrected chi connectivity index (χ0v) is 6.71. The van der Waals surface area contributed by atoms with Gasteiger partial charge in [0, 0.05) is 12.5 Å². The lowest BCUT2D eigenvalue weighted by atomic mass is 10.0. The Morgan fingerprint density at radius 3 is 2.80 bits per heavy atom. The normalized spacial score (nSPS) is 34.6. The Morgan fingerprint density at radius 1 is 1.70 bits per heavy atom. The molecular formula is C8H15NO. The van der Waals surface area contributed by atoms with E-state index >= 15 is 0 Å². The second-order valence-corrected chi connectivity index (χ2v) is 3.22. The summed E-state index contributed by atoms with van der Waals surface area (Å²) in [6, 6.07) is 0.512. The van der Waals surface area contributed by atoms with E-state index in [0.29, 0.717) is 18.4 Å².